The van der Waals surface area contributed by atoms with Gasteiger partial charge < -0.3 is 0 Å². The van der Waals surface area contributed by atoms with Gasteiger partial charge in [-0.1, -0.05) is 64.2 Å². The summed E-state index contributed by atoms with van der Waals surface area (Å²) >= 11 is 23.2. The molecule has 1 heterocycles. The van der Waals surface area contributed by atoms with Crippen LogP contribution >= 0.6 is 58.2 Å². The van der Waals surface area contributed by atoms with Gasteiger partial charge in [-0.3, -0.25) is 0 Å². The maximum Gasteiger partial charge on any atom is 0.290 e. The molecule has 1 saturated carbocycles. The standard InChI is InChI=1S/C13H11Cl4F4NS/c14-12(15)8(4-5-10(12,18)19)7-11(20,21)13(16,17)23-9-3-1-2-6-22-9/h1-3,6,8H,4-5,7H2. The number of pyridine rings is 1. The van der Waals surface area contributed by atoms with E-state index in [1.807, 2.05) is 0 Å². The first-order valence-corrected chi connectivity index (χ1v) is 8.83. The highest BCUT2D eigenvalue weighted by Crippen LogP contribution is 2.60. The van der Waals surface area contributed by atoms with E-state index in [9.17, 15) is 17.6 Å². The Balaban J connectivity index is 2.14. The van der Waals surface area contributed by atoms with Crippen LogP contribution in [0.4, 0.5) is 17.6 Å². The zero-order valence-corrected chi connectivity index (χ0v) is 15.2. The maximum atomic E-state index is 14.5. The van der Waals surface area contributed by atoms with Crippen LogP contribution in [0.15, 0.2) is 29.4 Å². The molecule has 1 aliphatic carbocycles. The van der Waals surface area contributed by atoms with Gasteiger partial charge >= 0.3 is 0 Å². The normalized spacial score (nSPS) is 23.9. The molecule has 1 aromatic heterocycles. The minimum Gasteiger partial charge on any atom is -0.250 e. The smallest absolute Gasteiger partial charge is 0.250 e. The number of rotatable bonds is 5. The van der Waals surface area contributed by atoms with Crippen LogP contribution in [0.2, 0.25) is 0 Å². The first-order chi connectivity index (χ1) is 10.4. The van der Waals surface area contributed by atoms with Crippen molar-refractivity contribution in [1.82, 2.24) is 4.98 Å². The topological polar surface area (TPSA) is 12.9 Å². The van der Waals surface area contributed by atoms with Gasteiger partial charge in [0.05, 0.1) is 5.03 Å². The predicted molar refractivity (Wildman–Crippen MR) is 86.2 cm³/mol. The van der Waals surface area contributed by atoms with E-state index in [0.717, 1.165) is 0 Å². The molecule has 130 valence electrons. The van der Waals surface area contributed by atoms with Gasteiger partial charge in [-0.2, -0.15) is 0 Å². The summed E-state index contributed by atoms with van der Waals surface area (Å²) < 4.78 is 51.0. The van der Waals surface area contributed by atoms with Gasteiger partial charge in [0.2, 0.25) is 3.67 Å². The number of aromatic nitrogens is 1. The molecule has 1 unspecified atom stereocenters. The number of hydrogen-bond acceptors (Lipinski definition) is 2. The average Bonchev–Trinajstić information content (AvgIpc) is 2.61. The Hall–Kier alpha value is 0.380. The van der Waals surface area contributed by atoms with Gasteiger partial charge in [0.1, 0.15) is 0 Å². The van der Waals surface area contributed by atoms with E-state index in [4.69, 9.17) is 46.4 Å². The van der Waals surface area contributed by atoms with Gasteiger partial charge in [-0.15, -0.1) is 0 Å². The molecule has 0 radical (unpaired) electrons. The van der Waals surface area contributed by atoms with Gasteiger partial charge in [-0.05, 0) is 18.6 Å². The summed E-state index contributed by atoms with van der Waals surface area (Å²) in [6.07, 6.45) is -0.563. The quantitative estimate of drug-likeness (QED) is 0.298. The second-order valence-corrected chi connectivity index (χ2v) is 9.65. The highest BCUT2D eigenvalue weighted by molar-refractivity contribution is 8.03. The molecule has 0 spiro atoms. The molecule has 0 bridgehead atoms. The first-order valence-electron chi connectivity index (χ1n) is 6.50. The second kappa shape index (κ2) is 6.60. The zero-order chi connectivity index (χ0) is 17.5. The average molecular weight is 431 g/mol. The number of nitrogens with zero attached hydrogens (tertiary/aromatic N) is 1. The van der Waals surface area contributed by atoms with E-state index in [1.54, 1.807) is 12.1 Å². The SMILES string of the molecule is FC(F)(CC1CCC(F)(F)C1(Cl)Cl)C(Cl)(Cl)Sc1ccccn1. The summed E-state index contributed by atoms with van der Waals surface area (Å²) in [5.74, 6) is -8.48. The fourth-order valence-corrected chi connectivity index (χ4v) is 4.22. The molecular weight excluding hydrogens is 420 g/mol. The van der Waals surface area contributed by atoms with E-state index in [0.29, 0.717) is 11.8 Å². The monoisotopic (exact) mass is 429 g/mol. The molecule has 1 aromatic rings. The van der Waals surface area contributed by atoms with Crippen LogP contribution in [0.1, 0.15) is 19.3 Å². The fraction of sp³-hybridized carbons (Fsp3) is 0.615. The molecule has 0 saturated heterocycles. The number of alkyl halides is 8. The van der Waals surface area contributed by atoms with E-state index in [1.165, 1.54) is 12.3 Å². The van der Waals surface area contributed by atoms with E-state index >= 15 is 0 Å². The molecule has 1 fully saturated rings. The van der Waals surface area contributed by atoms with Gasteiger partial charge in [0.15, 0.2) is 4.33 Å². The fourth-order valence-electron chi connectivity index (χ4n) is 2.27. The first kappa shape index (κ1) is 19.7. The molecule has 1 aliphatic rings. The Bertz CT molecular complexity index is 556. The lowest BCUT2D eigenvalue weighted by Crippen LogP contribution is -2.43. The highest BCUT2D eigenvalue weighted by atomic mass is 35.5. The number of hydrogen-bond donors (Lipinski definition) is 0. The Morgan fingerprint density at radius 3 is 2.39 bits per heavy atom. The molecule has 0 amide bonds. The third-order valence-electron chi connectivity index (χ3n) is 3.61. The van der Waals surface area contributed by atoms with Crippen LogP contribution in [0.25, 0.3) is 0 Å². The van der Waals surface area contributed by atoms with Crippen molar-refractivity contribution < 1.29 is 17.6 Å². The van der Waals surface area contributed by atoms with Crippen LogP contribution in [0.5, 0.6) is 0 Å². The van der Waals surface area contributed by atoms with Crippen molar-refractivity contribution >= 4 is 58.2 Å². The number of halogens is 8. The number of thioether (sulfide) groups is 1. The molecule has 23 heavy (non-hydrogen) atoms. The Labute approximate surface area is 155 Å². The summed E-state index contributed by atoms with van der Waals surface area (Å²) in [4.78, 5) is 3.85. The van der Waals surface area contributed by atoms with Crippen molar-refractivity contribution in [2.24, 2.45) is 5.92 Å². The molecule has 0 aromatic carbocycles. The Kier molecular flexibility index (Phi) is 5.65. The van der Waals surface area contributed by atoms with Crippen molar-refractivity contribution in [3.8, 4) is 0 Å². The van der Waals surface area contributed by atoms with Crippen LogP contribution in [0, 0.1) is 5.92 Å². The van der Waals surface area contributed by atoms with Gasteiger partial charge in [0.25, 0.3) is 11.8 Å². The maximum absolute atomic E-state index is 14.5. The summed E-state index contributed by atoms with van der Waals surface area (Å²) in [6, 6.07) is 4.64. The van der Waals surface area contributed by atoms with E-state index in [-0.39, 0.29) is 11.4 Å². The molecular formula is C13H11Cl4F4NS. The molecule has 10 heteroatoms. The van der Waals surface area contributed by atoms with Gasteiger partial charge in [-0.25, -0.2) is 22.5 Å². The largest absolute Gasteiger partial charge is 0.290 e. The summed E-state index contributed by atoms with van der Waals surface area (Å²) in [5, 5.41) is 0.178. The van der Waals surface area contributed by atoms with Crippen molar-refractivity contribution in [1.29, 1.82) is 0 Å². The lowest BCUT2D eigenvalue weighted by molar-refractivity contribution is -0.0339. The molecule has 0 aliphatic heterocycles. The minimum atomic E-state index is -3.71. The lowest BCUT2D eigenvalue weighted by atomic mass is 9.99. The van der Waals surface area contributed by atoms with Crippen molar-refractivity contribution in [2.45, 2.75) is 44.1 Å². The van der Waals surface area contributed by atoms with Crippen molar-refractivity contribution in [3.05, 3.63) is 24.4 Å². The van der Waals surface area contributed by atoms with Crippen LogP contribution in [0.3, 0.4) is 0 Å². The molecule has 1 atom stereocenters. The molecule has 2 rings (SSSR count). The zero-order valence-electron chi connectivity index (χ0n) is 11.4. The minimum absolute atomic E-state index is 0.178. The summed E-state index contributed by atoms with van der Waals surface area (Å²) in [6.45, 7) is 0. The third-order valence-corrected chi connectivity index (χ3v) is 6.80. The predicted octanol–water partition coefficient (Wildman–Crippen LogP) is 6.55. The van der Waals surface area contributed by atoms with E-state index in [2.05, 4.69) is 4.98 Å². The lowest BCUT2D eigenvalue weighted by Gasteiger charge is -2.34. The molecule has 0 N–H and O–H groups in total. The summed E-state index contributed by atoms with van der Waals surface area (Å²) in [5.41, 5.74) is 0. The second-order valence-electron chi connectivity index (χ2n) is 5.26. The Morgan fingerprint density at radius 1 is 1.26 bits per heavy atom. The summed E-state index contributed by atoms with van der Waals surface area (Å²) in [7, 11) is 0. The van der Waals surface area contributed by atoms with Crippen molar-refractivity contribution in [2.75, 3.05) is 0 Å². The van der Waals surface area contributed by atoms with Crippen LogP contribution in [-0.4, -0.2) is 24.8 Å². The molecule has 1 nitrogen and oxygen atoms in total. The Morgan fingerprint density at radius 2 is 1.91 bits per heavy atom. The van der Waals surface area contributed by atoms with Crippen molar-refractivity contribution in [3.63, 3.8) is 0 Å². The van der Waals surface area contributed by atoms with E-state index < -0.39 is 38.6 Å². The van der Waals surface area contributed by atoms with Crippen LogP contribution < -0.4 is 0 Å². The van der Waals surface area contributed by atoms with Crippen LogP contribution in [-0.2, 0) is 0 Å². The van der Waals surface area contributed by atoms with Gasteiger partial charge in [0, 0.05) is 25.0 Å². The third kappa shape index (κ3) is 3.97. The highest BCUT2D eigenvalue weighted by Gasteiger charge is 2.65.